The van der Waals surface area contributed by atoms with Crippen LogP contribution in [0.1, 0.15) is 43.9 Å². The molecule has 16 heavy (non-hydrogen) atoms. The summed E-state index contributed by atoms with van der Waals surface area (Å²) in [5.74, 6) is 0.979. The van der Waals surface area contributed by atoms with Crippen LogP contribution in [0.25, 0.3) is 0 Å². The highest BCUT2D eigenvalue weighted by molar-refractivity contribution is 5.16. The monoisotopic (exact) mass is 223 g/mol. The number of rotatable bonds is 6. The highest BCUT2D eigenvalue weighted by atomic mass is 16.5. The van der Waals surface area contributed by atoms with Gasteiger partial charge in [-0.05, 0) is 25.5 Å². The zero-order chi connectivity index (χ0) is 11.2. The molecule has 2 rings (SSSR count). The molecule has 0 saturated heterocycles. The Labute approximate surface area is 97.2 Å². The molecule has 1 heterocycles. The zero-order valence-corrected chi connectivity index (χ0v) is 10.00. The molecule has 0 bridgehead atoms. The smallest absolute Gasteiger partial charge is 0.133 e. The van der Waals surface area contributed by atoms with Crippen molar-refractivity contribution in [3.8, 4) is 0 Å². The molecule has 0 atom stereocenters. The lowest BCUT2D eigenvalue weighted by atomic mass is 10.2. The van der Waals surface area contributed by atoms with Gasteiger partial charge in [-0.3, -0.25) is 0 Å². The lowest BCUT2D eigenvalue weighted by Gasteiger charge is -2.10. The Morgan fingerprint density at radius 1 is 1.44 bits per heavy atom. The Morgan fingerprint density at radius 3 is 3.00 bits per heavy atom. The summed E-state index contributed by atoms with van der Waals surface area (Å²) in [5, 5.41) is 3.30. The van der Waals surface area contributed by atoms with Gasteiger partial charge in [-0.1, -0.05) is 19.8 Å². The van der Waals surface area contributed by atoms with Gasteiger partial charge >= 0.3 is 0 Å². The Bertz CT molecular complexity index is 303. The number of nitrogens with one attached hydrogen (secondary N) is 1. The van der Waals surface area contributed by atoms with E-state index in [2.05, 4.69) is 12.2 Å². The SMILES string of the molecule is CCNCc1ccoc1COC1CCCC1. The number of furan rings is 1. The third kappa shape index (κ3) is 3.09. The van der Waals surface area contributed by atoms with E-state index in [-0.39, 0.29) is 0 Å². The predicted octanol–water partition coefficient (Wildman–Crippen LogP) is 2.85. The molecule has 0 aliphatic heterocycles. The second kappa shape index (κ2) is 6.06. The second-order valence-corrected chi connectivity index (χ2v) is 4.37. The highest BCUT2D eigenvalue weighted by Crippen LogP contribution is 2.23. The molecular formula is C13H21NO2. The fourth-order valence-electron chi connectivity index (χ4n) is 2.16. The molecule has 3 nitrogen and oxygen atoms in total. The number of hydrogen-bond donors (Lipinski definition) is 1. The molecule has 0 amide bonds. The first-order chi connectivity index (χ1) is 7.90. The van der Waals surface area contributed by atoms with Crippen LogP contribution in [0, 0.1) is 0 Å². The fraction of sp³-hybridized carbons (Fsp3) is 0.692. The molecule has 0 unspecified atom stereocenters. The molecule has 0 radical (unpaired) electrons. The summed E-state index contributed by atoms with van der Waals surface area (Å²) in [7, 11) is 0. The van der Waals surface area contributed by atoms with Crippen LogP contribution in [0.15, 0.2) is 16.7 Å². The maximum Gasteiger partial charge on any atom is 0.133 e. The molecule has 1 fully saturated rings. The molecule has 0 spiro atoms. The van der Waals surface area contributed by atoms with Crippen LogP contribution >= 0.6 is 0 Å². The van der Waals surface area contributed by atoms with Crippen molar-refractivity contribution >= 4 is 0 Å². The first-order valence-electron chi connectivity index (χ1n) is 6.27. The van der Waals surface area contributed by atoms with Gasteiger partial charge in [-0.15, -0.1) is 0 Å². The van der Waals surface area contributed by atoms with E-state index in [1.807, 2.05) is 6.07 Å². The molecule has 90 valence electrons. The number of hydrogen-bond acceptors (Lipinski definition) is 3. The van der Waals surface area contributed by atoms with Crippen molar-refractivity contribution in [3.63, 3.8) is 0 Å². The predicted molar refractivity (Wildman–Crippen MR) is 63.1 cm³/mol. The largest absolute Gasteiger partial charge is 0.467 e. The van der Waals surface area contributed by atoms with Crippen molar-refractivity contribution in [3.05, 3.63) is 23.7 Å². The maximum atomic E-state index is 5.85. The van der Waals surface area contributed by atoms with E-state index in [4.69, 9.17) is 9.15 Å². The average Bonchev–Trinajstić information content (AvgIpc) is 2.94. The van der Waals surface area contributed by atoms with Gasteiger partial charge in [0.1, 0.15) is 12.4 Å². The van der Waals surface area contributed by atoms with Crippen molar-refractivity contribution < 1.29 is 9.15 Å². The summed E-state index contributed by atoms with van der Waals surface area (Å²) < 4.78 is 11.3. The minimum absolute atomic E-state index is 0.456. The van der Waals surface area contributed by atoms with Gasteiger partial charge in [-0.25, -0.2) is 0 Å². The van der Waals surface area contributed by atoms with E-state index in [0.29, 0.717) is 12.7 Å². The van der Waals surface area contributed by atoms with Gasteiger partial charge < -0.3 is 14.5 Å². The Hall–Kier alpha value is -0.800. The van der Waals surface area contributed by atoms with Gasteiger partial charge in [0.25, 0.3) is 0 Å². The van der Waals surface area contributed by atoms with E-state index in [0.717, 1.165) is 18.8 Å². The van der Waals surface area contributed by atoms with Crippen molar-refractivity contribution in [1.82, 2.24) is 5.32 Å². The first-order valence-corrected chi connectivity index (χ1v) is 6.27. The first kappa shape index (κ1) is 11.7. The molecule has 1 aromatic heterocycles. The Balaban J connectivity index is 1.80. The minimum Gasteiger partial charge on any atom is -0.467 e. The van der Waals surface area contributed by atoms with E-state index in [1.54, 1.807) is 6.26 Å². The second-order valence-electron chi connectivity index (χ2n) is 4.37. The molecule has 1 aliphatic carbocycles. The average molecular weight is 223 g/mol. The normalized spacial score (nSPS) is 17.1. The molecule has 1 N–H and O–H groups in total. The van der Waals surface area contributed by atoms with Crippen LogP contribution in [0.2, 0.25) is 0 Å². The Kier molecular flexibility index (Phi) is 4.43. The molecule has 1 aliphatic rings. The highest BCUT2D eigenvalue weighted by Gasteiger charge is 2.16. The summed E-state index contributed by atoms with van der Waals surface area (Å²) >= 11 is 0. The number of ether oxygens (including phenoxy) is 1. The maximum absolute atomic E-state index is 5.85. The fourth-order valence-corrected chi connectivity index (χ4v) is 2.16. The topological polar surface area (TPSA) is 34.4 Å². The van der Waals surface area contributed by atoms with Gasteiger partial charge in [0.05, 0.1) is 12.4 Å². The standard InChI is InChI=1S/C13H21NO2/c1-2-14-9-11-7-8-15-13(11)10-16-12-5-3-4-6-12/h7-8,12,14H,2-6,9-10H2,1H3. The van der Waals surface area contributed by atoms with Gasteiger partial charge in [0, 0.05) is 12.1 Å². The molecular weight excluding hydrogens is 202 g/mol. The molecule has 0 aromatic carbocycles. The molecule has 3 heteroatoms. The molecule has 1 saturated carbocycles. The van der Waals surface area contributed by atoms with Crippen LogP contribution in [-0.2, 0) is 17.9 Å². The van der Waals surface area contributed by atoms with Crippen LogP contribution in [-0.4, -0.2) is 12.6 Å². The van der Waals surface area contributed by atoms with Crippen molar-refractivity contribution in [1.29, 1.82) is 0 Å². The lowest BCUT2D eigenvalue weighted by molar-refractivity contribution is 0.0352. The van der Waals surface area contributed by atoms with Crippen LogP contribution in [0.5, 0.6) is 0 Å². The van der Waals surface area contributed by atoms with Crippen molar-refractivity contribution in [2.45, 2.75) is 51.9 Å². The molecule has 1 aromatic rings. The quantitative estimate of drug-likeness (QED) is 0.805. The summed E-state index contributed by atoms with van der Waals surface area (Å²) in [6.45, 7) is 4.58. The van der Waals surface area contributed by atoms with E-state index >= 15 is 0 Å². The summed E-state index contributed by atoms with van der Waals surface area (Å²) in [5.41, 5.74) is 1.22. The van der Waals surface area contributed by atoms with E-state index in [1.165, 1.54) is 31.2 Å². The van der Waals surface area contributed by atoms with Gasteiger partial charge in [-0.2, -0.15) is 0 Å². The van der Waals surface area contributed by atoms with Crippen LogP contribution in [0.4, 0.5) is 0 Å². The van der Waals surface area contributed by atoms with Gasteiger partial charge in [0.2, 0.25) is 0 Å². The van der Waals surface area contributed by atoms with E-state index < -0.39 is 0 Å². The minimum atomic E-state index is 0.456. The van der Waals surface area contributed by atoms with Gasteiger partial charge in [0.15, 0.2) is 0 Å². The van der Waals surface area contributed by atoms with E-state index in [9.17, 15) is 0 Å². The van der Waals surface area contributed by atoms with Crippen molar-refractivity contribution in [2.75, 3.05) is 6.54 Å². The van der Waals surface area contributed by atoms with Crippen LogP contribution < -0.4 is 5.32 Å². The summed E-state index contributed by atoms with van der Waals surface area (Å²) in [6.07, 6.45) is 7.25. The summed E-state index contributed by atoms with van der Waals surface area (Å²) in [4.78, 5) is 0. The van der Waals surface area contributed by atoms with Crippen LogP contribution in [0.3, 0.4) is 0 Å². The third-order valence-electron chi connectivity index (χ3n) is 3.16. The Morgan fingerprint density at radius 2 is 2.25 bits per heavy atom. The van der Waals surface area contributed by atoms with Crippen molar-refractivity contribution in [2.24, 2.45) is 0 Å². The third-order valence-corrected chi connectivity index (χ3v) is 3.16. The zero-order valence-electron chi connectivity index (χ0n) is 10.00. The summed E-state index contributed by atoms with van der Waals surface area (Å²) in [6, 6.07) is 2.02. The lowest BCUT2D eigenvalue weighted by Crippen LogP contribution is -2.13.